The third kappa shape index (κ3) is 6.78. The molecule has 1 amide bonds. The molecule has 0 fully saturated rings. The first kappa shape index (κ1) is 24.7. The second-order valence-corrected chi connectivity index (χ2v) is 10.2. The van der Waals surface area contributed by atoms with Gasteiger partial charge < -0.3 is 10.1 Å². The van der Waals surface area contributed by atoms with E-state index < -0.39 is 28.0 Å². The maximum absolute atomic E-state index is 12.7. The topological polar surface area (TPSA) is 102 Å². The zero-order chi connectivity index (χ0) is 24.0. The van der Waals surface area contributed by atoms with Gasteiger partial charge in [0.15, 0.2) is 6.10 Å². The Morgan fingerprint density at radius 1 is 0.970 bits per heavy atom. The number of hydrogen-bond donors (Lipinski definition) is 2. The summed E-state index contributed by atoms with van der Waals surface area (Å²) < 4.78 is 34.1. The number of nitrogens with one attached hydrogen (secondary N) is 2. The van der Waals surface area contributed by atoms with Crippen LogP contribution in [0.5, 0.6) is 0 Å². The molecule has 0 aromatic heterocycles. The number of amides is 1. The Morgan fingerprint density at radius 3 is 2.24 bits per heavy atom. The fourth-order valence-corrected chi connectivity index (χ4v) is 4.34. The fourth-order valence-electron chi connectivity index (χ4n) is 2.87. The lowest BCUT2D eigenvalue weighted by atomic mass is 10.1. The Hall–Kier alpha value is -2.92. The van der Waals surface area contributed by atoms with Crippen molar-refractivity contribution in [3.05, 3.63) is 87.5 Å². The van der Waals surface area contributed by atoms with Gasteiger partial charge in [0.1, 0.15) is 0 Å². The van der Waals surface area contributed by atoms with Crippen LogP contribution in [0.1, 0.15) is 29.8 Å². The lowest BCUT2D eigenvalue weighted by Gasteiger charge is -2.14. The van der Waals surface area contributed by atoms with E-state index in [4.69, 9.17) is 4.74 Å². The van der Waals surface area contributed by atoms with Gasteiger partial charge in [0.25, 0.3) is 15.9 Å². The van der Waals surface area contributed by atoms with Crippen LogP contribution in [0.4, 0.5) is 11.4 Å². The number of aryl methyl sites for hydroxylation is 1. The minimum atomic E-state index is -3.91. The molecule has 33 heavy (non-hydrogen) atoms. The number of halogens is 1. The van der Waals surface area contributed by atoms with E-state index in [1.165, 1.54) is 31.2 Å². The zero-order valence-electron chi connectivity index (χ0n) is 18.0. The maximum Gasteiger partial charge on any atom is 0.338 e. The minimum Gasteiger partial charge on any atom is -0.449 e. The van der Waals surface area contributed by atoms with Crippen molar-refractivity contribution in [2.24, 2.45) is 0 Å². The number of esters is 1. The minimum absolute atomic E-state index is 0.0208. The number of anilines is 2. The molecule has 0 bridgehead atoms. The third-order valence-corrected chi connectivity index (χ3v) is 6.86. The predicted octanol–water partition coefficient (Wildman–Crippen LogP) is 4.84. The smallest absolute Gasteiger partial charge is 0.338 e. The second-order valence-electron chi connectivity index (χ2n) is 7.23. The Morgan fingerprint density at radius 2 is 1.61 bits per heavy atom. The van der Waals surface area contributed by atoms with Gasteiger partial charge in [0, 0.05) is 14.9 Å². The van der Waals surface area contributed by atoms with Crippen molar-refractivity contribution < 1.29 is 22.7 Å². The van der Waals surface area contributed by atoms with Crippen LogP contribution in [0.2, 0.25) is 0 Å². The summed E-state index contributed by atoms with van der Waals surface area (Å²) in [5, 5.41) is 2.69. The van der Waals surface area contributed by atoms with E-state index in [1.807, 2.05) is 19.1 Å². The summed E-state index contributed by atoms with van der Waals surface area (Å²) in [7, 11) is -3.91. The molecule has 0 heterocycles. The predicted molar refractivity (Wildman–Crippen MR) is 136 cm³/mol. The number of carbonyl (C=O) groups excluding carboxylic acids is 2. The highest BCUT2D eigenvalue weighted by Crippen LogP contribution is 2.19. The number of ether oxygens (including phenoxy) is 1. The first-order valence-corrected chi connectivity index (χ1v) is 12.7. The molecule has 172 valence electrons. The fraction of sp³-hybridized carbons (Fsp3) is 0.167. The molecule has 1 atom stereocenters. The molecule has 0 saturated carbocycles. The number of hydrogen-bond acceptors (Lipinski definition) is 5. The average Bonchev–Trinajstić information content (AvgIpc) is 2.81. The summed E-state index contributed by atoms with van der Waals surface area (Å²) in [5.74, 6) is -1.29. The van der Waals surface area contributed by atoms with Gasteiger partial charge in [-0.2, -0.15) is 0 Å². The molecular weight excluding hydrogens is 555 g/mol. The summed E-state index contributed by atoms with van der Waals surface area (Å²) in [6.07, 6.45) is -0.189. The highest BCUT2D eigenvalue weighted by atomic mass is 127. The quantitative estimate of drug-likeness (QED) is 0.295. The van der Waals surface area contributed by atoms with Crippen LogP contribution in [0.3, 0.4) is 0 Å². The molecule has 0 aliphatic heterocycles. The van der Waals surface area contributed by atoms with Gasteiger partial charge in [-0.3, -0.25) is 9.52 Å². The first-order valence-electron chi connectivity index (χ1n) is 10.2. The summed E-state index contributed by atoms with van der Waals surface area (Å²) >= 11 is 2.12. The van der Waals surface area contributed by atoms with E-state index in [9.17, 15) is 18.0 Å². The van der Waals surface area contributed by atoms with Crippen LogP contribution in [0, 0.1) is 3.57 Å². The average molecular weight is 578 g/mol. The van der Waals surface area contributed by atoms with E-state index in [-0.39, 0.29) is 10.5 Å². The molecule has 0 spiro atoms. The van der Waals surface area contributed by atoms with Crippen LogP contribution >= 0.6 is 22.6 Å². The molecule has 7 nitrogen and oxygen atoms in total. The molecule has 0 saturated heterocycles. The van der Waals surface area contributed by atoms with Crippen molar-refractivity contribution in [3.63, 3.8) is 0 Å². The highest BCUT2D eigenvalue weighted by Gasteiger charge is 2.21. The largest absolute Gasteiger partial charge is 0.449 e. The number of rotatable bonds is 8. The first-order chi connectivity index (χ1) is 15.7. The third-order valence-electron chi connectivity index (χ3n) is 4.76. The van der Waals surface area contributed by atoms with E-state index in [2.05, 4.69) is 32.6 Å². The molecule has 0 aliphatic carbocycles. The summed E-state index contributed by atoms with van der Waals surface area (Å²) in [4.78, 5) is 24.9. The van der Waals surface area contributed by atoms with E-state index in [0.717, 1.165) is 15.6 Å². The van der Waals surface area contributed by atoms with Gasteiger partial charge >= 0.3 is 5.97 Å². The van der Waals surface area contributed by atoms with Crippen molar-refractivity contribution >= 4 is 55.9 Å². The van der Waals surface area contributed by atoms with Gasteiger partial charge in [-0.25, -0.2) is 13.2 Å². The van der Waals surface area contributed by atoms with Crippen molar-refractivity contribution in [1.82, 2.24) is 0 Å². The SMILES string of the molecule is CCc1ccc(NC(=O)C(C)OC(=O)c2cccc(S(=O)(=O)Nc3ccc(I)cc3)c2)cc1. The monoisotopic (exact) mass is 578 g/mol. The van der Waals surface area contributed by atoms with E-state index in [0.29, 0.717) is 11.4 Å². The normalized spacial score (nSPS) is 12.0. The standard InChI is InChI=1S/C24H23IN2O5S/c1-3-17-7-11-20(12-8-17)26-23(28)16(2)32-24(29)18-5-4-6-22(15-18)33(30,31)27-21-13-9-19(25)10-14-21/h4-16,27H,3H2,1-2H3,(H,26,28). The lowest BCUT2D eigenvalue weighted by Crippen LogP contribution is -2.30. The Balaban J connectivity index is 1.66. The van der Waals surface area contributed by atoms with Gasteiger partial charge in [-0.1, -0.05) is 25.1 Å². The van der Waals surface area contributed by atoms with Crippen molar-refractivity contribution in [2.75, 3.05) is 10.0 Å². The van der Waals surface area contributed by atoms with E-state index >= 15 is 0 Å². The van der Waals surface area contributed by atoms with Crippen LogP contribution < -0.4 is 10.0 Å². The van der Waals surface area contributed by atoms with Crippen molar-refractivity contribution in [3.8, 4) is 0 Å². The van der Waals surface area contributed by atoms with Gasteiger partial charge in [0.05, 0.1) is 10.5 Å². The number of sulfonamides is 1. The van der Waals surface area contributed by atoms with Crippen LogP contribution in [-0.4, -0.2) is 26.4 Å². The summed E-state index contributed by atoms with van der Waals surface area (Å²) in [6, 6.07) is 19.7. The molecule has 3 aromatic rings. The molecule has 0 aliphatic rings. The summed E-state index contributed by atoms with van der Waals surface area (Å²) in [5.41, 5.74) is 2.15. The molecule has 0 radical (unpaired) electrons. The van der Waals surface area contributed by atoms with Crippen molar-refractivity contribution in [2.45, 2.75) is 31.3 Å². The van der Waals surface area contributed by atoms with Gasteiger partial charge in [0.2, 0.25) is 0 Å². The Labute approximate surface area is 206 Å². The van der Waals surface area contributed by atoms with Crippen LogP contribution in [0.25, 0.3) is 0 Å². The van der Waals surface area contributed by atoms with Crippen LogP contribution in [0.15, 0.2) is 77.7 Å². The Kier molecular flexibility index (Phi) is 8.09. The lowest BCUT2D eigenvalue weighted by molar-refractivity contribution is -0.123. The molecular formula is C24H23IN2O5S. The molecule has 2 N–H and O–H groups in total. The zero-order valence-corrected chi connectivity index (χ0v) is 21.0. The van der Waals surface area contributed by atoms with Gasteiger partial charge in [-0.15, -0.1) is 0 Å². The van der Waals surface area contributed by atoms with Crippen LogP contribution in [-0.2, 0) is 26.0 Å². The maximum atomic E-state index is 12.7. The van der Waals surface area contributed by atoms with Gasteiger partial charge in [-0.05, 0) is 96.1 Å². The Bertz CT molecular complexity index is 1240. The molecule has 9 heteroatoms. The van der Waals surface area contributed by atoms with Crippen molar-refractivity contribution in [1.29, 1.82) is 0 Å². The summed E-state index contributed by atoms with van der Waals surface area (Å²) in [6.45, 7) is 3.49. The highest BCUT2D eigenvalue weighted by molar-refractivity contribution is 14.1. The molecule has 3 rings (SSSR count). The van der Waals surface area contributed by atoms with E-state index in [1.54, 1.807) is 36.4 Å². The molecule has 1 unspecified atom stereocenters. The molecule has 3 aromatic carbocycles. The second kappa shape index (κ2) is 10.8. The number of benzene rings is 3. The number of carbonyl (C=O) groups is 2.